The van der Waals surface area contributed by atoms with Crippen LogP contribution >= 0.6 is 34.7 Å². The van der Waals surface area contributed by atoms with Crippen LogP contribution in [0.4, 0.5) is 10.8 Å². The normalized spacial score (nSPS) is 12.0. The molecule has 0 aliphatic rings. The molecule has 1 N–H and O–H groups in total. The molecule has 0 aliphatic heterocycles. The van der Waals surface area contributed by atoms with Crippen LogP contribution in [-0.4, -0.2) is 27.5 Å². The number of aromatic nitrogens is 4. The summed E-state index contributed by atoms with van der Waals surface area (Å²) in [5.74, 6) is 1.77. The van der Waals surface area contributed by atoms with E-state index in [-0.39, 0.29) is 5.25 Å². The third-order valence-electron chi connectivity index (χ3n) is 4.32. The fraction of sp³-hybridized carbons (Fsp3) is 0.200. The highest BCUT2D eigenvalue weighted by atomic mass is 35.5. The first-order valence-electron chi connectivity index (χ1n) is 9.03. The molecule has 0 aliphatic carbocycles. The van der Waals surface area contributed by atoms with Gasteiger partial charge in [-0.3, -0.25) is 0 Å². The highest BCUT2D eigenvalue weighted by Gasteiger charge is 2.19. The van der Waals surface area contributed by atoms with E-state index in [9.17, 15) is 0 Å². The number of rotatable bonds is 7. The van der Waals surface area contributed by atoms with E-state index >= 15 is 0 Å². The summed E-state index contributed by atoms with van der Waals surface area (Å²) in [6, 6.07) is 13.2. The second kappa shape index (κ2) is 9.03. The van der Waals surface area contributed by atoms with Gasteiger partial charge in [-0.1, -0.05) is 40.8 Å². The molecule has 2 aromatic heterocycles. The van der Waals surface area contributed by atoms with Gasteiger partial charge in [0.1, 0.15) is 5.75 Å². The van der Waals surface area contributed by atoms with Gasteiger partial charge in [0, 0.05) is 16.3 Å². The second-order valence-electron chi connectivity index (χ2n) is 6.34. The highest BCUT2D eigenvalue weighted by Crippen LogP contribution is 2.38. The van der Waals surface area contributed by atoms with E-state index in [1.165, 1.54) is 23.1 Å². The number of thioether (sulfide) groups is 1. The van der Waals surface area contributed by atoms with Gasteiger partial charge in [-0.05, 0) is 55.8 Å². The summed E-state index contributed by atoms with van der Waals surface area (Å²) in [5.41, 5.74) is 2.71. The molecule has 0 unspecified atom stereocenters. The molecule has 30 heavy (non-hydrogen) atoms. The van der Waals surface area contributed by atoms with E-state index in [1.54, 1.807) is 7.11 Å². The van der Waals surface area contributed by atoms with Gasteiger partial charge < -0.3 is 14.5 Å². The number of hydrogen-bond donors (Lipinski definition) is 1. The monoisotopic (exact) mass is 459 g/mol. The average Bonchev–Trinajstić information content (AvgIpc) is 3.41. The summed E-state index contributed by atoms with van der Waals surface area (Å²) in [6.45, 7) is 3.95. The van der Waals surface area contributed by atoms with Gasteiger partial charge in [0.25, 0.3) is 0 Å². The molecule has 0 amide bonds. The summed E-state index contributed by atoms with van der Waals surface area (Å²) in [5, 5.41) is 21.4. The summed E-state index contributed by atoms with van der Waals surface area (Å²) in [4.78, 5) is 0. The SMILES string of the molecule is COc1ccc(-c2nnc([C@H](C)Sc3nnc(Nc4cccc(Cl)c4C)s3)o2)cc1. The fourth-order valence-corrected chi connectivity index (χ4v) is 4.73. The Morgan fingerprint density at radius 2 is 1.90 bits per heavy atom. The first kappa shape index (κ1) is 20.6. The number of benzene rings is 2. The minimum Gasteiger partial charge on any atom is -0.497 e. The maximum Gasteiger partial charge on any atom is 0.247 e. The molecule has 0 saturated carbocycles. The Morgan fingerprint density at radius 3 is 2.67 bits per heavy atom. The lowest BCUT2D eigenvalue weighted by Crippen LogP contribution is -1.92. The van der Waals surface area contributed by atoms with E-state index in [4.69, 9.17) is 20.8 Å². The van der Waals surface area contributed by atoms with Crippen molar-refractivity contribution in [3.05, 3.63) is 58.9 Å². The van der Waals surface area contributed by atoms with Crippen molar-refractivity contribution in [3.63, 3.8) is 0 Å². The number of anilines is 2. The third kappa shape index (κ3) is 4.58. The minimum atomic E-state index is -0.0711. The number of nitrogens with zero attached hydrogens (tertiary/aromatic N) is 4. The molecule has 10 heteroatoms. The summed E-state index contributed by atoms with van der Waals surface area (Å²) in [6.07, 6.45) is 0. The summed E-state index contributed by atoms with van der Waals surface area (Å²) >= 11 is 9.14. The number of ether oxygens (including phenoxy) is 1. The molecule has 4 rings (SSSR count). The van der Waals surface area contributed by atoms with Gasteiger partial charge >= 0.3 is 0 Å². The standard InChI is InChI=1S/C20H18ClN5O2S2/c1-11-15(21)5-4-6-16(11)22-19-25-26-20(30-19)29-12(2)17-23-24-18(28-17)13-7-9-14(27-3)10-8-13/h4-10,12H,1-3H3,(H,22,25)/t12-/m0/s1. The third-order valence-corrected chi connectivity index (χ3v) is 6.74. The van der Waals surface area contributed by atoms with Crippen molar-refractivity contribution in [1.82, 2.24) is 20.4 Å². The van der Waals surface area contributed by atoms with Gasteiger partial charge in [0.05, 0.1) is 12.4 Å². The van der Waals surface area contributed by atoms with Crippen LogP contribution in [0.15, 0.2) is 51.2 Å². The first-order chi connectivity index (χ1) is 14.5. The zero-order valence-corrected chi connectivity index (χ0v) is 18.8. The highest BCUT2D eigenvalue weighted by molar-refractivity contribution is 8.01. The fourth-order valence-electron chi connectivity index (χ4n) is 2.62. The smallest absolute Gasteiger partial charge is 0.247 e. The molecule has 0 fully saturated rings. The van der Waals surface area contributed by atoms with Crippen LogP contribution in [0.2, 0.25) is 5.02 Å². The van der Waals surface area contributed by atoms with E-state index in [2.05, 4.69) is 25.7 Å². The molecule has 2 heterocycles. The molecule has 2 aromatic carbocycles. The van der Waals surface area contributed by atoms with Crippen molar-refractivity contribution in [2.24, 2.45) is 0 Å². The second-order valence-corrected chi connectivity index (χ2v) is 9.32. The van der Waals surface area contributed by atoms with Crippen LogP contribution in [0, 0.1) is 6.92 Å². The van der Waals surface area contributed by atoms with Crippen LogP contribution in [0.25, 0.3) is 11.5 Å². The molecule has 154 valence electrons. The minimum absolute atomic E-state index is 0.0711. The van der Waals surface area contributed by atoms with Crippen molar-refractivity contribution >= 4 is 45.5 Å². The Hall–Kier alpha value is -2.62. The van der Waals surface area contributed by atoms with Crippen LogP contribution in [0.3, 0.4) is 0 Å². The first-order valence-corrected chi connectivity index (χ1v) is 11.1. The largest absolute Gasteiger partial charge is 0.497 e. The summed E-state index contributed by atoms with van der Waals surface area (Å²) in [7, 11) is 1.63. The molecule has 0 radical (unpaired) electrons. The molecule has 0 spiro atoms. The Balaban J connectivity index is 1.42. The van der Waals surface area contributed by atoms with Crippen molar-refractivity contribution < 1.29 is 9.15 Å². The van der Waals surface area contributed by atoms with E-state index in [0.29, 0.717) is 21.9 Å². The van der Waals surface area contributed by atoms with Crippen molar-refractivity contribution in [2.45, 2.75) is 23.4 Å². The quantitative estimate of drug-likeness (QED) is 0.329. The lowest BCUT2D eigenvalue weighted by Gasteiger charge is -2.07. The van der Waals surface area contributed by atoms with Gasteiger partial charge in [0.15, 0.2) is 4.34 Å². The zero-order valence-electron chi connectivity index (χ0n) is 16.4. The van der Waals surface area contributed by atoms with E-state index in [0.717, 1.165) is 26.9 Å². The van der Waals surface area contributed by atoms with Crippen LogP contribution < -0.4 is 10.1 Å². The van der Waals surface area contributed by atoms with Gasteiger partial charge in [-0.2, -0.15) is 0 Å². The van der Waals surface area contributed by atoms with Crippen molar-refractivity contribution in [3.8, 4) is 17.2 Å². The molecular formula is C20H18ClN5O2S2. The number of halogens is 1. The van der Waals surface area contributed by atoms with Gasteiger partial charge in [-0.25, -0.2) is 0 Å². The van der Waals surface area contributed by atoms with Crippen molar-refractivity contribution in [1.29, 1.82) is 0 Å². The molecule has 4 aromatic rings. The molecular weight excluding hydrogens is 442 g/mol. The predicted octanol–water partition coefficient (Wildman–Crippen LogP) is 6.16. The number of hydrogen-bond acceptors (Lipinski definition) is 9. The van der Waals surface area contributed by atoms with E-state index < -0.39 is 0 Å². The van der Waals surface area contributed by atoms with Crippen LogP contribution in [0.1, 0.15) is 23.6 Å². The molecule has 7 nitrogen and oxygen atoms in total. The lowest BCUT2D eigenvalue weighted by atomic mass is 10.2. The van der Waals surface area contributed by atoms with Crippen LogP contribution in [0.5, 0.6) is 5.75 Å². The number of nitrogens with one attached hydrogen (secondary N) is 1. The van der Waals surface area contributed by atoms with Crippen molar-refractivity contribution in [2.75, 3.05) is 12.4 Å². The Kier molecular flexibility index (Phi) is 6.21. The topological polar surface area (TPSA) is 86.0 Å². The maximum atomic E-state index is 6.18. The zero-order chi connectivity index (χ0) is 21.1. The van der Waals surface area contributed by atoms with Gasteiger partial charge in [0.2, 0.25) is 16.9 Å². The van der Waals surface area contributed by atoms with E-state index in [1.807, 2.05) is 56.3 Å². The summed E-state index contributed by atoms with van der Waals surface area (Å²) < 4.78 is 11.8. The maximum absolute atomic E-state index is 6.18. The average molecular weight is 460 g/mol. The molecule has 0 saturated heterocycles. The molecule has 1 atom stereocenters. The Labute approximate surface area is 186 Å². The Morgan fingerprint density at radius 1 is 1.10 bits per heavy atom. The van der Waals surface area contributed by atoms with Crippen LogP contribution in [-0.2, 0) is 0 Å². The molecule has 0 bridgehead atoms. The van der Waals surface area contributed by atoms with Gasteiger partial charge in [-0.15, -0.1) is 20.4 Å². The lowest BCUT2D eigenvalue weighted by molar-refractivity contribution is 0.415. The predicted molar refractivity (Wildman–Crippen MR) is 120 cm³/mol. The Bertz CT molecular complexity index is 1150. The number of methoxy groups -OCH3 is 1.